The molecule has 3 aromatic rings. The van der Waals surface area contributed by atoms with Gasteiger partial charge in [0.15, 0.2) is 0 Å². The van der Waals surface area contributed by atoms with E-state index < -0.39 is 0 Å². The van der Waals surface area contributed by atoms with Gasteiger partial charge in [-0.1, -0.05) is 24.3 Å². The van der Waals surface area contributed by atoms with Crippen LogP contribution in [0.3, 0.4) is 0 Å². The van der Waals surface area contributed by atoms with Crippen LogP contribution in [0.25, 0.3) is 11.0 Å². The second-order valence-corrected chi connectivity index (χ2v) is 3.98. The van der Waals surface area contributed by atoms with Crippen LogP contribution >= 0.6 is 0 Å². The van der Waals surface area contributed by atoms with Crippen molar-refractivity contribution >= 4 is 11.0 Å². The summed E-state index contributed by atoms with van der Waals surface area (Å²) in [5, 5.41) is 0. The zero-order chi connectivity index (χ0) is 11.7. The predicted molar refractivity (Wildman–Crippen MR) is 67.3 cm³/mol. The zero-order valence-corrected chi connectivity index (χ0v) is 9.47. The molecule has 0 amide bonds. The third kappa shape index (κ3) is 1.99. The van der Waals surface area contributed by atoms with Crippen molar-refractivity contribution in [3.63, 3.8) is 0 Å². The molecule has 1 N–H and O–H groups in total. The number of imidazole rings is 1. The van der Waals surface area contributed by atoms with E-state index in [-0.39, 0.29) is 0 Å². The molecule has 0 bridgehead atoms. The Labute approximate surface area is 99.1 Å². The average molecular weight is 224 g/mol. The summed E-state index contributed by atoms with van der Waals surface area (Å²) in [5.41, 5.74) is 3.06. The van der Waals surface area contributed by atoms with Crippen molar-refractivity contribution in [3.8, 4) is 11.8 Å². The lowest BCUT2D eigenvalue weighted by molar-refractivity contribution is 0.449. The molecular formula is C14H12N2O. The van der Waals surface area contributed by atoms with Crippen molar-refractivity contribution in [2.45, 2.75) is 6.92 Å². The topological polar surface area (TPSA) is 37.9 Å². The molecule has 0 saturated heterocycles. The monoisotopic (exact) mass is 224 g/mol. The van der Waals surface area contributed by atoms with Gasteiger partial charge in [-0.15, -0.1) is 0 Å². The van der Waals surface area contributed by atoms with Gasteiger partial charge >= 0.3 is 0 Å². The van der Waals surface area contributed by atoms with Gasteiger partial charge in [0.05, 0.1) is 11.0 Å². The number of hydrogen-bond acceptors (Lipinski definition) is 2. The van der Waals surface area contributed by atoms with Gasteiger partial charge in [-0.3, -0.25) is 0 Å². The first-order valence-electron chi connectivity index (χ1n) is 5.50. The fourth-order valence-corrected chi connectivity index (χ4v) is 1.77. The molecule has 0 spiro atoms. The van der Waals surface area contributed by atoms with Crippen LogP contribution in [0.4, 0.5) is 0 Å². The second-order valence-electron chi connectivity index (χ2n) is 3.98. The smallest absolute Gasteiger partial charge is 0.300 e. The molecule has 84 valence electrons. The maximum atomic E-state index is 5.68. The van der Waals surface area contributed by atoms with Crippen LogP contribution in [0.2, 0.25) is 0 Å². The van der Waals surface area contributed by atoms with Crippen LogP contribution in [0.15, 0.2) is 48.5 Å². The molecule has 0 atom stereocenters. The van der Waals surface area contributed by atoms with Gasteiger partial charge in [0.2, 0.25) is 0 Å². The number of aromatic amines is 1. The average Bonchev–Trinajstić information content (AvgIpc) is 2.71. The number of ether oxygens (including phenoxy) is 1. The van der Waals surface area contributed by atoms with Crippen molar-refractivity contribution in [2.24, 2.45) is 0 Å². The molecule has 1 heterocycles. The summed E-state index contributed by atoms with van der Waals surface area (Å²) in [6, 6.07) is 16.3. The largest absolute Gasteiger partial charge is 0.426 e. The molecule has 1 aromatic heterocycles. The lowest BCUT2D eigenvalue weighted by Gasteiger charge is -2.01. The van der Waals surface area contributed by atoms with Crippen molar-refractivity contribution in [2.75, 3.05) is 0 Å². The Morgan fingerprint density at radius 3 is 2.76 bits per heavy atom. The molecule has 0 fully saturated rings. The van der Waals surface area contributed by atoms with E-state index in [0.717, 1.165) is 16.8 Å². The van der Waals surface area contributed by atoms with Gasteiger partial charge in [-0.05, 0) is 36.8 Å². The highest BCUT2D eigenvalue weighted by atomic mass is 16.5. The summed E-state index contributed by atoms with van der Waals surface area (Å²) in [5.74, 6) is 0.795. The van der Waals surface area contributed by atoms with Crippen LogP contribution in [0.1, 0.15) is 5.56 Å². The first kappa shape index (κ1) is 9.90. The minimum absolute atomic E-state index is 0.525. The highest BCUT2D eigenvalue weighted by Gasteiger charge is 2.03. The van der Waals surface area contributed by atoms with Gasteiger partial charge in [0.25, 0.3) is 6.01 Å². The van der Waals surface area contributed by atoms with Gasteiger partial charge in [-0.25, -0.2) is 0 Å². The Bertz CT molecular complexity index is 625. The van der Waals surface area contributed by atoms with Crippen molar-refractivity contribution < 1.29 is 4.74 Å². The molecule has 0 saturated carbocycles. The molecule has 17 heavy (non-hydrogen) atoms. The van der Waals surface area contributed by atoms with E-state index in [1.807, 2.05) is 55.5 Å². The number of H-pyrrole nitrogens is 1. The molecule has 0 aliphatic rings. The number of para-hydroxylation sites is 2. The first-order chi connectivity index (χ1) is 8.31. The summed E-state index contributed by atoms with van der Waals surface area (Å²) < 4.78 is 5.68. The van der Waals surface area contributed by atoms with Gasteiger partial charge in [0.1, 0.15) is 5.75 Å². The number of aryl methyl sites for hydroxylation is 1. The summed E-state index contributed by atoms with van der Waals surface area (Å²) in [6.45, 7) is 2.03. The van der Waals surface area contributed by atoms with Crippen LogP contribution in [-0.2, 0) is 0 Å². The van der Waals surface area contributed by atoms with Gasteiger partial charge in [-0.2, -0.15) is 4.98 Å². The number of nitrogens with zero attached hydrogens (tertiary/aromatic N) is 1. The third-order valence-corrected chi connectivity index (χ3v) is 2.57. The number of hydrogen-bond donors (Lipinski definition) is 1. The quantitative estimate of drug-likeness (QED) is 0.721. The van der Waals surface area contributed by atoms with E-state index in [1.165, 1.54) is 5.56 Å². The Morgan fingerprint density at radius 1 is 1.06 bits per heavy atom. The second kappa shape index (κ2) is 3.94. The zero-order valence-electron chi connectivity index (χ0n) is 9.47. The highest BCUT2D eigenvalue weighted by molar-refractivity contribution is 5.75. The Kier molecular flexibility index (Phi) is 2.29. The molecular weight excluding hydrogens is 212 g/mol. The minimum atomic E-state index is 0.525. The number of nitrogens with one attached hydrogen (secondary N) is 1. The fraction of sp³-hybridized carbons (Fsp3) is 0.0714. The first-order valence-corrected chi connectivity index (χ1v) is 5.50. The molecule has 3 heteroatoms. The number of rotatable bonds is 2. The van der Waals surface area contributed by atoms with Crippen LogP contribution in [0.5, 0.6) is 11.8 Å². The van der Waals surface area contributed by atoms with E-state index in [0.29, 0.717) is 6.01 Å². The normalized spacial score (nSPS) is 10.6. The van der Waals surface area contributed by atoms with Crippen LogP contribution in [-0.4, -0.2) is 9.97 Å². The molecule has 0 aliphatic carbocycles. The van der Waals surface area contributed by atoms with Crippen molar-refractivity contribution in [1.29, 1.82) is 0 Å². The summed E-state index contributed by atoms with van der Waals surface area (Å²) in [6.07, 6.45) is 0. The van der Waals surface area contributed by atoms with Crippen molar-refractivity contribution in [1.82, 2.24) is 9.97 Å². The molecule has 0 radical (unpaired) electrons. The highest BCUT2D eigenvalue weighted by Crippen LogP contribution is 2.22. The van der Waals surface area contributed by atoms with E-state index in [1.54, 1.807) is 0 Å². The SMILES string of the molecule is Cc1cccc(Oc2nc3ccccc3[nH]2)c1. The summed E-state index contributed by atoms with van der Waals surface area (Å²) in [4.78, 5) is 7.49. The Balaban J connectivity index is 1.94. The van der Waals surface area contributed by atoms with Crippen LogP contribution in [0, 0.1) is 6.92 Å². The Hall–Kier alpha value is -2.29. The number of benzene rings is 2. The Morgan fingerprint density at radius 2 is 1.94 bits per heavy atom. The summed E-state index contributed by atoms with van der Waals surface area (Å²) >= 11 is 0. The minimum Gasteiger partial charge on any atom is -0.426 e. The molecule has 2 aromatic carbocycles. The molecule has 0 aliphatic heterocycles. The molecule has 0 unspecified atom stereocenters. The fourth-order valence-electron chi connectivity index (χ4n) is 1.77. The van der Waals surface area contributed by atoms with Gasteiger partial charge < -0.3 is 9.72 Å². The van der Waals surface area contributed by atoms with Gasteiger partial charge in [0, 0.05) is 0 Å². The lowest BCUT2D eigenvalue weighted by atomic mass is 10.2. The standard InChI is InChI=1S/C14H12N2O/c1-10-5-4-6-11(9-10)17-14-15-12-7-2-3-8-13(12)16-14/h2-9H,1H3,(H,15,16). The maximum absolute atomic E-state index is 5.68. The van der Waals surface area contributed by atoms with Crippen molar-refractivity contribution in [3.05, 3.63) is 54.1 Å². The van der Waals surface area contributed by atoms with E-state index in [4.69, 9.17) is 4.74 Å². The van der Waals surface area contributed by atoms with E-state index in [2.05, 4.69) is 9.97 Å². The predicted octanol–water partition coefficient (Wildman–Crippen LogP) is 3.66. The lowest BCUT2D eigenvalue weighted by Crippen LogP contribution is -1.86. The summed E-state index contributed by atoms with van der Waals surface area (Å²) in [7, 11) is 0. The molecule has 3 nitrogen and oxygen atoms in total. The van der Waals surface area contributed by atoms with E-state index in [9.17, 15) is 0 Å². The third-order valence-electron chi connectivity index (χ3n) is 2.57. The maximum Gasteiger partial charge on any atom is 0.300 e. The van der Waals surface area contributed by atoms with Crippen LogP contribution < -0.4 is 4.74 Å². The number of fused-ring (bicyclic) bond motifs is 1. The van der Waals surface area contributed by atoms with E-state index >= 15 is 0 Å². The molecule has 3 rings (SSSR count). The number of aromatic nitrogens is 2.